The van der Waals surface area contributed by atoms with Crippen molar-refractivity contribution in [2.24, 2.45) is 34.8 Å². The molecule has 1 aromatic carbocycles. The molecule has 0 radical (unpaired) electrons. The Kier molecular flexibility index (Phi) is 13.8. The summed E-state index contributed by atoms with van der Waals surface area (Å²) in [6, 6.07) is 5.83. The minimum atomic E-state index is -5.61. The molecule has 2 aliphatic heterocycles. The fourth-order valence-corrected chi connectivity index (χ4v) is 12.0. The van der Waals surface area contributed by atoms with Gasteiger partial charge in [0.1, 0.15) is 17.9 Å². The van der Waals surface area contributed by atoms with E-state index in [-0.39, 0.29) is 64.7 Å². The van der Waals surface area contributed by atoms with Crippen molar-refractivity contribution in [3.63, 3.8) is 0 Å². The van der Waals surface area contributed by atoms with Crippen molar-refractivity contribution in [1.29, 1.82) is 0 Å². The number of halogens is 5. The van der Waals surface area contributed by atoms with Gasteiger partial charge in [-0.3, -0.25) is 9.00 Å². The van der Waals surface area contributed by atoms with Gasteiger partial charge in [-0.15, -0.1) is 0 Å². The number of likely N-dealkylation sites (tertiary alicyclic amines) is 2. The number of esters is 1. The Morgan fingerprint density at radius 2 is 1.66 bits per heavy atom. The van der Waals surface area contributed by atoms with Crippen LogP contribution in [0, 0.1) is 29.1 Å². The highest BCUT2D eigenvalue weighted by molar-refractivity contribution is 7.84. The molecule has 1 aromatic rings. The lowest BCUT2D eigenvalue weighted by atomic mass is 9.52. The molecule has 8 atom stereocenters. The molecule has 1 amide bonds. The van der Waals surface area contributed by atoms with Gasteiger partial charge in [-0.1, -0.05) is 33.3 Å². The lowest BCUT2D eigenvalue weighted by Crippen LogP contribution is -2.49. The quantitative estimate of drug-likeness (QED) is 0.157. The molecule has 56 heavy (non-hydrogen) atoms. The van der Waals surface area contributed by atoms with Crippen LogP contribution in [-0.4, -0.2) is 94.0 Å². The van der Waals surface area contributed by atoms with Crippen molar-refractivity contribution < 1.29 is 45.2 Å². The minimum Gasteiger partial charge on any atom is -0.461 e. The summed E-state index contributed by atoms with van der Waals surface area (Å²) in [5.41, 5.74) is 8.29. The molecule has 2 N–H and O–H groups in total. The maximum absolute atomic E-state index is 13.4. The number of carbonyl (C=O) groups is 2. The number of amides is 1. The van der Waals surface area contributed by atoms with Crippen LogP contribution in [0.5, 0.6) is 5.75 Å². The SMILES string of the molecule is CC(C)[C@@H](N)C(=O)O[C@H]1CC[C@H]2[C@@H]3[C@H](CCCS(=O)CCCC(F)(F)C(F)(F)F)Cc4cc(OC(=O)N5CCC(N6CCCCC6)CC5)ccc4[C@H]3CC[C@]12C. The molecular formula is C42H62F5N3O5S. The van der Waals surface area contributed by atoms with Gasteiger partial charge < -0.3 is 25.0 Å². The van der Waals surface area contributed by atoms with Crippen molar-refractivity contribution in [3.05, 3.63) is 29.3 Å². The van der Waals surface area contributed by atoms with Crippen LogP contribution < -0.4 is 10.5 Å². The average Bonchev–Trinajstić information content (AvgIpc) is 3.49. The summed E-state index contributed by atoms with van der Waals surface area (Å²) in [4.78, 5) is 30.8. The summed E-state index contributed by atoms with van der Waals surface area (Å²) in [7, 11) is -1.53. The van der Waals surface area contributed by atoms with Crippen molar-refractivity contribution in [2.75, 3.05) is 37.7 Å². The molecule has 6 rings (SSSR count). The van der Waals surface area contributed by atoms with Gasteiger partial charge in [0.05, 0.1) is 0 Å². The highest BCUT2D eigenvalue weighted by Gasteiger charge is 2.59. The van der Waals surface area contributed by atoms with Gasteiger partial charge in [-0.05, 0) is 143 Å². The number of hydrogen-bond acceptors (Lipinski definition) is 7. The van der Waals surface area contributed by atoms with Crippen molar-refractivity contribution >= 4 is 22.9 Å². The Hall–Kier alpha value is -2.32. The van der Waals surface area contributed by atoms with Crippen LogP contribution >= 0.6 is 0 Å². The maximum atomic E-state index is 13.4. The van der Waals surface area contributed by atoms with Crippen LogP contribution in [0.4, 0.5) is 26.7 Å². The zero-order chi connectivity index (χ0) is 40.4. The number of nitrogens with two attached hydrogens (primary N) is 1. The van der Waals surface area contributed by atoms with Crippen molar-refractivity contribution in [2.45, 2.75) is 147 Å². The van der Waals surface area contributed by atoms with E-state index in [0.29, 0.717) is 44.1 Å². The highest BCUT2D eigenvalue weighted by Crippen LogP contribution is 2.63. The minimum absolute atomic E-state index is 0.0463. The van der Waals surface area contributed by atoms with E-state index in [1.54, 1.807) is 0 Å². The first kappa shape index (κ1) is 43.3. The number of piperidine rings is 2. The number of nitrogens with zero attached hydrogens (tertiary/aromatic N) is 2. The Morgan fingerprint density at radius 3 is 2.34 bits per heavy atom. The van der Waals surface area contributed by atoms with Gasteiger partial charge in [-0.2, -0.15) is 22.0 Å². The first-order valence-electron chi connectivity index (χ1n) is 21.1. The normalized spacial score (nSPS) is 30.0. The summed E-state index contributed by atoms with van der Waals surface area (Å²) in [6.45, 7) is 9.65. The third-order valence-corrected chi connectivity index (χ3v) is 15.6. The Balaban J connectivity index is 1.13. The lowest BCUT2D eigenvalue weighted by molar-refractivity contribution is -0.284. The number of hydrogen-bond donors (Lipinski definition) is 1. The van der Waals surface area contributed by atoms with Crippen molar-refractivity contribution in [3.8, 4) is 5.75 Å². The fourth-order valence-electron chi connectivity index (χ4n) is 10.8. The number of alkyl halides is 5. The lowest BCUT2D eigenvalue weighted by Gasteiger charge is -2.53. The molecule has 2 heterocycles. The molecule has 0 bridgehead atoms. The smallest absolute Gasteiger partial charge is 0.453 e. The zero-order valence-electron chi connectivity index (χ0n) is 33.3. The molecule has 5 aliphatic rings. The molecule has 3 aliphatic carbocycles. The number of ether oxygens (including phenoxy) is 2. The largest absolute Gasteiger partial charge is 0.461 e. The molecule has 4 fully saturated rings. The number of carbonyl (C=O) groups excluding carboxylic acids is 2. The Labute approximate surface area is 331 Å². The monoisotopic (exact) mass is 815 g/mol. The van der Waals surface area contributed by atoms with E-state index in [9.17, 15) is 35.8 Å². The second-order valence-electron chi connectivity index (χ2n) is 17.9. The number of benzene rings is 1. The first-order chi connectivity index (χ1) is 26.5. The van der Waals surface area contributed by atoms with Crippen LogP contribution in [0.3, 0.4) is 0 Å². The fraction of sp³-hybridized carbons (Fsp3) is 0.810. The second-order valence-corrected chi connectivity index (χ2v) is 19.6. The summed E-state index contributed by atoms with van der Waals surface area (Å²) in [5, 5.41) is 0. The number of rotatable bonds is 13. The third kappa shape index (κ3) is 9.58. The highest BCUT2D eigenvalue weighted by atomic mass is 32.2. The standard InChI is InChI=1S/C42H62F5N3O5S/c1-27(2)37(48)38(51)55-35-13-12-34-36-28(9-7-23-56(53)24-8-17-41(43,44)42(45,46)47)25-29-26-31(10-11-32(29)33(36)14-18-40(34,35)3)54-39(52)50-21-15-30(16-22-50)49-19-5-4-6-20-49/h10-11,26-28,30,33-37H,4-9,12-25,48H2,1-3H3/t28-,33-,34+,35+,36-,37-,40+,56?/m1/s1. The summed E-state index contributed by atoms with van der Waals surface area (Å²) >= 11 is 0. The predicted molar refractivity (Wildman–Crippen MR) is 206 cm³/mol. The Morgan fingerprint density at radius 1 is 0.964 bits per heavy atom. The molecule has 0 aromatic heterocycles. The molecule has 1 unspecified atom stereocenters. The van der Waals surface area contributed by atoms with E-state index in [1.165, 1.54) is 24.8 Å². The van der Waals surface area contributed by atoms with Crippen LogP contribution in [0.25, 0.3) is 0 Å². The summed E-state index contributed by atoms with van der Waals surface area (Å²) < 4.78 is 89.8. The molecule has 14 heteroatoms. The van der Waals surface area contributed by atoms with Gasteiger partial charge >= 0.3 is 24.2 Å². The third-order valence-electron chi connectivity index (χ3n) is 14.1. The predicted octanol–water partition coefficient (Wildman–Crippen LogP) is 8.62. The van der Waals surface area contributed by atoms with Crippen molar-refractivity contribution in [1.82, 2.24) is 9.80 Å². The summed E-state index contributed by atoms with van der Waals surface area (Å²) in [6.07, 6.45) is 2.97. The van der Waals surface area contributed by atoms with E-state index in [1.807, 2.05) is 30.9 Å². The van der Waals surface area contributed by atoms with E-state index in [0.717, 1.165) is 57.2 Å². The van der Waals surface area contributed by atoms with Crippen LogP contribution in [0.2, 0.25) is 0 Å². The van der Waals surface area contributed by atoms with E-state index < -0.39 is 41.8 Å². The molecular weight excluding hydrogens is 754 g/mol. The second kappa shape index (κ2) is 17.9. The van der Waals surface area contributed by atoms with Crippen LogP contribution in [0.15, 0.2) is 18.2 Å². The maximum Gasteiger partial charge on any atom is 0.453 e. The topological polar surface area (TPSA) is 102 Å². The molecule has 2 saturated heterocycles. The van der Waals surface area contributed by atoms with Gasteiger partial charge in [0, 0.05) is 53.3 Å². The molecule has 316 valence electrons. The zero-order valence-corrected chi connectivity index (χ0v) is 34.1. The average molecular weight is 816 g/mol. The van der Waals surface area contributed by atoms with Gasteiger partial charge in [0.15, 0.2) is 0 Å². The van der Waals surface area contributed by atoms with Gasteiger partial charge in [0.25, 0.3) is 0 Å². The van der Waals surface area contributed by atoms with Crippen LogP contribution in [0.1, 0.15) is 121 Å². The summed E-state index contributed by atoms with van der Waals surface area (Å²) in [5.74, 6) is -3.79. The van der Waals surface area contributed by atoms with E-state index in [4.69, 9.17) is 15.2 Å². The molecule has 2 saturated carbocycles. The van der Waals surface area contributed by atoms with E-state index in [2.05, 4.69) is 17.9 Å². The first-order valence-corrected chi connectivity index (χ1v) is 22.6. The molecule has 8 nitrogen and oxygen atoms in total. The van der Waals surface area contributed by atoms with Gasteiger partial charge in [0.2, 0.25) is 0 Å². The molecule has 0 spiro atoms. The number of fused-ring (bicyclic) bond motifs is 5. The van der Waals surface area contributed by atoms with Gasteiger partial charge in [-0.25, -0.2) is 4.79 Å². The Bertz CT molecular complexity index is 1550. The van der Waals surface area contributed by atoms with Crippen LogP contribution in [-0.2, 0) is 26.8 Å². The van der Waals surface area contributed by atoms with E-state index >= 15 is 0 Å².